The van der Waals surface area contributed by atoms with Crippen LogP contribution in [0.2, 0.25) is 0 Å². The molecule has 0 saturated carbocycles. The average Bonchev–Trinajstić information content (AvgIpc) is 2.40. The van der Waals surface area contributed by atoms with Gasteiger partial charge in [0, 0.05) is 18.9 Å². The van der Waals surface area contributed by atoms with Crippen LogP contribution in [-0.2, 0) is 16.0 Å². The van der Waals surface area contributed by atoms with E-state index in [0.717, 1.165) is 5.56 Å². The molecule has 0 fully saturated rings. The molecule has 0 saturated heterocycles. The van der Waals surface area contributed by atoms with E-state index in [-0.39, 0.29) is 24.8 Å². The van der Waals surface area contributed by atoms with Crippen molar-refractivity contribution >= 4 is 11.9 Å². The second kappa shape index (κ2) is 7.53. The lowest BCUT2D eigenvalue weighted by Crippen LogP contribution is -2.46. The highest BCUT2D eigenvalue weighted by Gasteiger charge is 2.23. The summed E-state index contributed by atoms with van der Waals surface area (Å²) in [6, 6.07) is 8.29. The first-order valence-corrected chi connectivity index (χ1v) is 6.35. The third-order valence-electron chi connectivity index (χ3n) is 3.05. The standard InChI is InChI=1S/C14H20N2O3/c1-2-11(9-15)13(17)16-12(14(18)19)8-10-6-4-3-5-7-10/h3-7,11-12H,2,8-9,15H2,1H3,(H,16,17)(H,18,19)/t11?,12-/m0/s1. The number of nitrogens with one attached hydrogen (secondary N) is 1. The summed E-state index contributed by atoms with van der Waals surface area (Å²) in [6.07, 6.45) is 0.864. The van der Waals surface area contributed by atoms with Crippen LogP contribution in [0.5, 0.6) is 0 Å². The Hall–Kier alpha value is -1.88. The third kappa shape index (κ3) is 4.71. The molecule has 0 aliphatic rings. The maximum Gasteiger partial charge on any atom is 0.326 e. The van der Waals surface area contributed by atoms with Crippen LogP contribution >= 0.6 is 0 Å². The lowest BCUT2D eigenvalue weighted by molar-refractivity contribution is -0.142. The quantitative estimate of drug-likeness (QED) is 0.678. The van der Waals surface area contributed by atoms with E-state index < -0.39 is 12.0 Å². The summed E-state index contributed by atoms with van der Waals surface area (Å²) >= 11 is 0. The lowest BCUT2D eigenvalue weighted by atomic mass is 10.0. The Morgan fingerprint density at radius 1 is 1.32 bits per heavy atom. The summed E-state index contributed by atoms with van der Waals surface area (Å²) < 4.78 is 0. The van der Waals surface area contributed by atoms with Crippen LogP contribution in [0, 0.1) is 5.92 Å². The highest BCUT2D eigenvalue weighted by molar-refractivity contribution is 5.85. The molecule has 1 amide bonds. The van der Waals surface area contributed by atoms with Gasteiger partial charge in [0.15, 0.2) is 0 Å². The van der Waals surface area contributed by atoms with Crippen molar-refractivity contribution in [1.29, 1.82) is 0 Å². The van der Waals surface area contributed by atoms with Crippen molar-refractivity contribution in [2.45, 2.75) is 25.8 Å². The summed E-state index contributed by atoms with van der Waals surface area (Å²) in [5, 5.41) is 11.7. The summed E-state index contributed by atoms with van der Waals surface area (Å²) in [6.45, 7) is 2.07. The fourth-order valence-electron chi connectivity index (χ4n) is 1.80. The topological polar surface area (TPSA) is 92.4 Å². The largest absolute Gasteiger partial charge is 0.480 e. The first-order chi connectivity index (χ1) is 9.08. The number of benzene rings is 1. The fourth-order valence-corrected chi connectivity index (χ4v) is 1.80. The molecule has 104 valence electrons. The number of hydrogen-bond donors (Lipinski definition) is 3. The first kappa shape index (κ1) is 15.2. The molecular weight excluding hydrogens is 244 g/mol. The number of carbonyl (C=O) groups excluding carboxylic acids is 1. The zero-order chi connectivity index (χ0) is 14.3. The van der Waals surface area contributed by atoms with Gasteiger partial charge in [-0.2, -0.15) is 0 Å². The maximum atomic E-state index is 11.9. The molecule has 1 rings (SSSR count). The van der Waals surface area contributed by atoms with E-state index in [2.05, 4.69) is 5.32 Å². The zero-order valence-corrected chi connectivity index (χ0v) is 11.0. The van der Waals surface area contributed by atoms with Gasteiger partial charge in [0.25, 0.3) is 0 Å². The van der Waals surface area contributed by atoms with Gasteiger partial charge in [0.05, 0.1) is 0 Å². The van der Waals surface area contributed by atoms with Crippen molar-refractivity contribution < 1.29 is 14.7 Å². The Morgan fingerprint density at radius 2 is 1.95 bits per heavy atom. The molecule has 0 bridgehead atoms. The van der Waals surface area contributed by atoms with E-state index in [1.807, 2.05) is 37.3 Å². The van der Waals surface area contributed by atoms with Gasteiger partial charge in [0.1, 0.15) is 6.04 Å². The molecule has 0 spiro atoms. The van der Waals surface area contributed by atoms with E-state index in [9.17, 15) is 9.59 Å². The van der Waals surface area contributed by atoms with Crippen molar-refractivity contribution in [3.8, 4) is 0 Å². The smallest absolute Gasteiger partial charge is 0.326 e. The van der Waals surface area contributed by atoms with E-state index in [1.165, 1.54) is 0 Å². The SMILES string of the molecule is CCC(CN)C(=O)N[C@@H](Cc1ccccc1)C(=O)O. The number of rotatable bonds is 7. The fraction of sp³-hybridized carbons (Fsp3) is 0.429. The minimum absolute atomic E-state index is 0.222. The highest BCUT2D eigenvalue weighted by Crippen LogP contribution is 2.06. The van der Waals surface area contributed by atoms with E-state index in [1.54, 1.807) is 0 Å². The second-order valence-electron chi connectivity index (χ2n) is 4.43. The monoisotopic (exact) mass is 264 g/mol. The molecule has 19 heavy (non-hydrogen) atoms. The summed E-state index contributed by atoms with van der Waals surface area (Å²) in [5.41, 5.74) is 6.35. The minimum Gasteiger partial charge on any atom is -0.480 e. The number of amides is 1. The molecule has 1 aromatic carbocycles. The minimum atomic E-state index is -1.04. The van der Waals surface area contributed by atoms with Gasteiger partial charge in [0.2, 0.25) is 5.91 Å². The van der Waals surface area contributed by atoms with Gasteiger partial charge in [-0.25, -0.2) is 4.79 Å². The van der Waals surface area contributed by atoms with Crippen LogP contribution in [0.4, 0.5) is 0 Å². The molecule has 5 nitrogen and oxygen atoms in total. The number of hydrogen-bond acceptors (Lipinski definition) is 3. The van der Waals surface area contributed by atoms with Crippen LogP contribution in [0.1, 0.15) is 18.9 Å². The molecule has 1 unspecified atom stereocenters. The van der Waals surface area contributed by atoms with E-state index in [4.69, 9.17) is 10.8 Å². The number of aliphatic carboxylic acids is 1. The van der Waals surface area contributed by atoms with Crippen molar-refractivity contribution in [1.82, 2.24) is 5.32 Å². The average molecular weight is 264 g/mol. The van der Waals surface area contributed by atoms with Gasteiger partial charge >= 0.3 is 5.97 Å². The third-order valence-corrected chi connectivity index (χ3v) is 3.05. The Morgan fingerprint density at radius 3 is 2.42 bits per heavy atom. The predicted octanol–water partition coefficient (Wildman–Crippen LogP) is 0.783. The molecule has 0 heterocycles. The second-order valence-corrected chi connectivity index (χ2v) is 4.43. The van der Waals surface area contributed by atoms with Crippen LogP contribution in [0.25, 0.3) is 0 Å². The van der Waals surface area contributed by atoms with Crippen molar-refractivity contribution in [3.05, 3.63) is 35.9 Å². The number of carbonyl (C=O) groups is 2. The Bertz CT molecular complexity index is 416. The normalized spacial score (nSPS) is 13.6. The summed E-state index contributed by atoms with van der Waals surface area (Å²) in [4.78, 5) is 23.0. The van der Waals surface area contributed by atoms with Crippen molar-refractivity contribution in [3.63, 3.8) is 0 Å². The van der Waals surface area contributed by atoms with Crippen LogP contribution in [0.15, 0.2) is 30.3 Å². The summed E-state index contributed by atoms with van der Waals surface area (Å²) in [7, 11) is 0. The molecule has 5 heteroatoms. The Labute approximate surface area is 112 Å². The molecule has 1 aromatic rings. The van der Waals surface area contributed by atoms with Gasteiger partial charge in [-0.15, -0.1) is 0 Å². The molecule has 0 radical (unpaired) electrons. The highest BCUT2D eigenvalue weighted by atomic mass is 16.4. The van der Waals surface area contributed by atoms with Crippen molar-refractivity contribution in [2.24, 2.45) is 11.7 Å². The van der Waals surface area contributed by atoms with Crippen LogP contribution in [0.3, 0.4) is 0 Å². The number of nitrogens with two attached hydrogens (primary N) is 1. The maximum absolute atomic E-state index is 11.9. The van der Waals surface area contributed by atoms with E-state index >= 15 is 0 Å². The van der Waals surface area contributed by atoms with Gasteiger partial charge in [-0.05, 0) is 12.0 Å². The van der Waals surface area contributed by atoms with Crippen molar-refractivity contribution in [2.75, 3.05) is 6.54 Å². The predicted molar refractivity (Wildman–Crippen MR) is 72.5 cm³/mol. The van der Waals surface area contributed by atoms with E-state index in [0.29, 0.717) is 6.42 Å². The Balaban J connectivity index is 2.69. The zero-order valence-electron chi connectivity index (χ0n) is 11.0. The molecule has 2 atom stereocenters. The van der Waals surface area contributed by atoms with Gasteiger partial charge in [-0.3, -0.25) is 4.79 Å². The molecule has 0 aromatic heterocycles. The first-order valence-electron chi connectivity index (χ1n) is 6.35. The van der Waals surface area contributed by atoms with Gasteiger partial charge in [-0.1, -0.05) is 37.3 Å². The molecule has 0 aliphatic carbocycles. The molecular formula is C14H20N2O3. The number of carboxylic acids is 1. The lowest BCUT2D eigenvalue weighted by Gasteiger charge is -2.18. The number of carboxylic acid groups (broad SMARTS) is 1. The Kier molecular flexibility index (Phi) is 6.02. The van der Waals surface area contributed by atoms with Crippen LogP contribution < -0.4 is 11.1 Å². The van der Waals surface area contributed by atoms with Crippen LogP contribution in [-0.4, -0.2) is 29.6 Å². The molecule has 4 N–H and O–H groups in total. The van der Waals surface area contributed by atoms with Gasteiger partial charge < -0.3 is 16.2 Å². The molecule has 0 aliphatic heterocycles. The summed E-state index contributed by atoms with van der Waals surface area (Å²) in [5.74, 6) is -1.67.